The van der Waals surface area contributed by atoms with Gasteiger partial charge in [0.05, 0.1) is 16.5 Å². The number of anilines is 1. The van der Waals surface area contributed by atoms with Crippen molar-refractivity contribution in [3.63, 3.8) is 0 Å². The molecule has 72 valence electrons. The molecule has 4 nitrogen and oxygen atoms in total. The first-order chi connectivity index (χ1) is 6.00. The van der Waals surface area contributed by atoms with E-state index in [1.165, 1.54) is 0 Å². The molecule has 13 heavy (non-hydrogen) atoms. The molecule has 6 heteroatoms. The molecule has 1 unspecified atom stereocenters. The predicted molar refractivity (Wildman–Crippen MR) is 52.9 cm³/mol. The van der Waals surface area contributed by atoms with E-state index in [0.29, 0.717) is 16.3 Å². The van der Waals surface area contributed by atoms with Crippen LogP contribution in [0.2, 0.25) is 5.02 Å². The number of nitrogens with zero attached hydrogens (tertiary/aromatic N) is 1. The fourth-order valence-corrected chi connectivity index (χ4v) is 1.56. The van der Waals surface area contributed by atoms with Crippen LogP contribution in [-0.4, -0.2) is 13.7 Å². The second-order valence-electron chi connectivity index (χ2n) is 2.57. The fraction of sp³-hybridized carbons (Fsp3) is 0.286. The second-order valence-corrected chi connectivity index (χ2v) is 3.90. The summed E-state index contributed by atoms with van der Waals surface area (Å²) in [5.41, 5.74) is 6.64. The first-order valence-electron chi connectivity index (χ1n) is 3.49. The number of nitrogens with two attached hydrogens (primary N) is 1. The van der Waals surface area contributed by atoms with Crippen LogP contribution < -0.4 is 5.73 Å². The van der Waals surface area contributed by atoms with Gasteiger partial charge in [0.2, 0.25) is 0 Å². The fourth-order valence-electron chi connectivity index (χ4n) is 0.886. The summed E-state index contributed by atoms with van der Waals surface area (Å²) in [6.45, 7) is 1.72. The minimum absolute atomic E-state index is 0.0428. The molecule has 0 aromatic carbocycles. The van der Waals surface area contributed by atoms with Gasteiger partial charge in [0.1, 0.15) is 5.82 Å². The zero-order valence-electron chi connectivity index (χ0n) is 6.95. The average molecular weight is 221 g/mol. The first kappa shape index (κ1) is 10.4. The Morgan fingerprint density at radius 3 is 2.92 bits per heavy atom. The lowest BCUT2D eigenvalue weighted by molar-refractivity contribution is 0.563. The van der Waals surface area contributed by atoms with Crippen LogP contribution in [0.5, 0.6) is 0 Å². The van der Waals surface area contributed by atoms with E-state index in [1.54, 1.807) is 13.0 Å². The molecule has 0 saturated heterocycles. The number of halogens is 1. The molecule has 0 aliphatic heterocycles. The van der Waals surface area contributed by atoms with Crippen molar-refractivity contribution in [3.05, 3.63) is 22.3 Å². The molecule has 1 aromatic heterocycles. The monoisotopic (exact) mass is 220 g/mol. The average Bonchev–Trinajstić information content (AvgIpc) is 1.99. The molecule has 0 fully saturated rings. The van der Waals surface area contributed by atoms with Gasteiger partial charge in [0.15, 0.2) is 11.1 Å². The van der Waals surface area contributed by atoms with Gasteiger partial charge in [-0.3, -0.25) is 0 Å². The van der Waals surface area contributed by atoms with Gasteiger partial charge in [-0.15, -0.1) is 0 Å². The van der Waals surface area contributed by atoms with E-state index in [9.17, 15) is 4.21 Å². The van der Waals surface area contributed by atoms with Crippen molar-refractivity contribution in [2.24, 2.45) is 0 Å². The molecule has 0 aliphatic carbocycles. The number of aromatic nitrogens is 1. The second kappa shape index (κ2) is 4.04. The normalized spacial score (nSPS) is 12.8. The molecule has 3 N–H and O–H groups in total. The topological polar surface area (TPSA) is 76.2 Å². The highest BCUT2D eigenvalue weighted by Gasteiger charge is 2.07. The van der Waals surface area contributed by atoms with Gasteiger partial charge in [0, 0.05) is 5.56 Å². The maximum absolute atomic E-state index is 10.5. The number of nitrogen functional groups attached to an aromatic ring is 1. The predicted octanol–water partition coefficient (Wildman–Crippen LogP) is 1.35. The van der Waals surface area contributed by atoms with Crippen LogP contribution in [-0.2, 0) is 16.8 Å². The minimum atomic E-state index is -1.92. The van der Waals surface area contributed by atoms with E-state index in [2.05, 4.69) is 4.98 Å². The summed E-state index contributed by atoms with van der Waals surface area (Å²) < 4.78 is 19.1. The molecule has 0 spiro atoms. The van der Waals surface area contributed by atoms with Crippen molar-refractivity contribution >= 4 is 28.5 Å². The highest BCUT2D eigenvalue weighted by atomic mass is 35.5. The van der Waals surface area contributed by atoms with Gasteiger partial charge < -0.3 is 10.3 Å². The van der Waals surface area contributed by atoms with Gasteiger partial charge >= 0.3 is 0 Å². The number of aryl methyl sites for hydroxylation is 1. The van der Waals surface area contributed by atoms with E-state index in [-0.39, 0.29) is 11.6 Å². The van der Waals surface area contributed by atoms with Crippen molar-refractivity contribution in [2.75, 3.05) is 5.73 Å². The summed E-state index contributed by atoms with van der Waals surface area (Å²) in [7, 11) is 0. The third-order valence-electron chi connectivity index (χ3n) is 1.54. The number of pyridine rings is 1. The van der Waals surface area contributed by atoms with Crippen LogP contribution in [0.4, 0.5) is 5.82 Å². The molecule has 0 radical (unpaired) electrons. The van der Waals surface area contributed by atoms with Crippen LogP contribution in [0.15, 0.2) is 6.07 Å². The molecular weight excluding hydrogens is 212 g/mol. The Hall–Kier alpha value is -0.650. The zero-order valence-corrected chi connectivity index (χ0v) is 8.52. The highest BCUT2D eigenvalue weighted by Crippen LogP contribution is 2.19. The van der Waals surface area contributed by atoms with Gasteiger partial charge in [0.25, 0.3) is 0 Å². The number of hydrogen-bond acceptors (Lipinski definition) is 3. The van der Waals surface area contributed by atoms with Crippen LogP contribution in [0.25, 0.3) is 0 Å². The standard InChI is InChI=1S/C7H9ClN2O2S/c1-4-6(8)2-5(3-13(11)12)7(9)10-4/h2H,3H2,1H3,(H2,9,10)(H,11,12). The molecule has 1 rings (SSSR count). The Bertz CT molecular complexity index is 357. The molecule has 1 aromatic rings. The third-order valence-corrected chi connectivity index (χ3v) is 2.48. The Morgan fingerprint density at radius 2 is 2.38 bits per heavy atom. The van der Waals surface area contributed by atoms with Crippen LogP contribution in [0, 0.1) is 6.92 Å². The summed E-state index contributed by atoms with van der Waals surface area (Å²) >= 11 is 3.85. The Balaban J connectivity index is 3.08. The summed E-state index contributed by atoms with van der Waals surface area (Å²) in [5, 5.41) is 0.453. The summed E-state index contributed by atoms with van der Waals surface area (Å²) in [6.07, 6.45) is 0. The highest BCUT2D eigenvalue weighted by molar-refractivity contribution is 7.78. The summed E-state index contributed by atoms with van der Waals surface area (Å²) in [6, 6.07) is 1.56. The Morgan fingerprint density at radius 1 is 1.77 bits per heavy atom. The van der Waals surface area contributed by atoms with E-state index in [4.69, 9.17) is 21.9 Å². The molecule has 1 atom stereocenters. The van der Waals surface area contributed by atoms with Crippen molar-refractivity contribution < 1.29 is 8.76 Å². The van der Waals surface area contributed by atoms with Gasteiger partial charge in [-0.2, -0.15) is 0 Å². The SMILES string of the molecule is Cc1nc(N)c(CS(=O)O)cc1Cl. The number of rotatable bonds is 2. The van der Waals surface area contributed by atoms with E-state index in [0.717, 1.165) is 0 Å². The van der Waals surface area contributed by atoms with Crippen molar-refractivity contribution in [3.8, 4) is 0 Å². The maximum atomic E-state index is 10.5. The lowest BCUT2D eigenvalue weighted by atomic mass is 10.2. The van der Waals surface area contributed by atoms with E-state index < -0.39 is 11.1 Å². The van der Waals surface area contributed by atoms with Gasteiger partial charge in [-0.05, 0) is 13.0 Å². The van der Waals surface area contributed by atoms with Gasteiger partial charge in [-0.25, -0.2) is 9.19 Å². The quantitative estimate of drug-likeness (QED) is 0.738. The molecule has 0 aliphatic rings. The van der Waals surface area contributed by atoms with Crippen molar-refractivity contribution in [1.82, 2.24) is 4.98 Å². The minimum Gasteiger partial charge on any atom is -0.383 e. The molecule has 0 saturated carbocycles. The molecule has 1 heterocycles. The summed E-state index contributed by atoms with van der Waals surface area (Å²) in [5.74, 6) is 0.211. The van der Waals surface area contributed by atoms with E-state index >= 15 is 0 Å². The van der Waals surface area contributed by atoms with Crippen LogP contribution in [0.1, 0.15) is 11.3 Å². The first-order valence-corrected chi connectivity index (χ1v) is 5.15. The molecule has 0 bridgehead atoms. The molecular formula is C7H9ClN2O2S. The lowest BCUT2D eigenvalue weighted by Gasteiger charge is -2.04. The Labute approximate surface area is 83.4 Å². The van der Waals surface area contributed by atoms with Crippen molar-refractivity contribution in [1.29, 1.82) is 0 Å². The number of hydrogen-bond donors (Lipinski definition) is 2. The smallest absolute Gasteiger partial charge is 0.157 e. The maximum Gasteiger partial charge on any atom is 0.157 e. The van der Waals surface area contributed by atoms with E-state index in [1.807, 2.05) is 0 Å². The van der Waals surface area contributed by atoms with Gasteiger partial charge in [-0.1, -0.05) is 11.6 Å². The molecule has 0 amide bonds. The largest absolute Gasteiger partial charge is 0.383 e. The lowest BCUT2D eigenvalue weighted by Crippen LogP contribution is -2.02. The van der Waals surface area contributed by atoms with Crippen LogP contribution >= 0.6 is 11.6 Å². The van der Waals surface area contributed by atoms with Crippen molar-refractivity contribution in [2.45, 2.75) is 12.7 Å². The zero-order chi connectivity index (χ0) is 10.0. The third kappa shape index (κ3) is 2.65. The van der Waals surface area contributed by atoms with Crippen LogP contribution in [0.3, 0.4) is 0 Å². The Kier molecular flexibility index (Phi) is 3.24. The summed E-state index contributed by atoms with van der Waals surface area (Å²) in [4.78, 5) is 3.93.